The zero-order valence-electron chi connectivity index (χ0n) is 13.2. The molecule has 0 atom stereocenters. The van der Waals surface area contributed by atoms with Crippen LogP contribution in [0.2, 0.25) is 0 Å². The third-order valence-electron chi connectivity index (χ3n) is 2.53. The number of amides is 1. The second-order valence-corrected chi connectivity index (χ2v) is 8.30. The molecule has 0 aromatic heterocycles. The number of sulfonamides is 1. The molecule has 0 aliphatic rings. The van der Waals surface area contributed by atoms with Gasteiger partial charge in [0.25, 0.3) is 0 Å². The number of hydrogen-bond donors (Lipinski definition) is 2. The standard InChI is InChI=1S/C15H24N2O3S/c1-11(2)17-21(19,20)13-8-6-12(7-9-13)16-14(18)10-15(3,4)5/h6-9,11,17H,10H2,1-5H3,(H,16,18). The Labute approximate surface area is 127 Å². The van der Waals surface area contributed by atoms with Crippen molar-refractivity contribution in [1.82, 2.24) is 4.72 Å². The number of benzene rings is 1. The molecule has 0 bridgehead atoms. The van der Waals surface area contributed by atoms with Crippen LogP contribution in [0.15, 0.2) is 29.2 Å². The van der Waals surface area contributed by atoms with E-state index in [1.54, 1.807) is 26.0 Å². The molecule has 0 fully saturated rings. The predicted molar refractivity (Wildman–Crippen MR) is 84.6 cm³/mol. The number of carbonyl (C=O) groups excluding carboxylic acids is 1. The molecule has 0 spiro atoms. The fourth-order valence-electron chi connectivity index (χ4n) is 1.78. The van der Waals surface area contributed by atoms with Gasteiger partial charge in [0.05, 0.1) is 4.90 Å². The maximum absolute atomic E-state index is 12.0. The zero-order chi connectivity index (χ0) is 16.3. The van der Waals surface area contributed by atoms with Crippen LogP contribution in [-0.2, 0) is 14.8 Å². The van der Waals surface area contributed by atoms with E-state index in [1.807, 2.05) is 20.8 Å². The summed E-state index contributed by atoms with van der Waals surface area (Å²) in [6, 6.07) is 5.99. The first kappa shape index (κ1) is 17.7. The number of hydrogen-bond acceptors (Lipinski definition) is 3. The number of nitrogens with one attached hydrogen (secondary N) is 2. The Morgan fingerprint density at radius 2 is 1.67 bits per heavy atom. The van der Waals surface area contributed by atoms with Gasteiger partial charge in [0.1, 0.15) is 0 Å². The summed E-state index contributed by atoms with van der Waals surface area (Å²) in [7, 11) is -3.50. The van der Waals surface area contributed by atoms with E-state index in [2.05, 4.69) is 10.0 Å². The van der Waals surface area contributed by atoms with Gasteiger partial charge in [-0.3, -0.25) is 4.79 Å². The highest BCUT2D eigenvalue weighted by Crippen LogP contribution is 2.20. The van der Waals surface area contributed by atoms with E-state index in [1.165, 1.54) is 12.1 Å². The van der Waals surface area contributed by atoms with Crippen LogP contribution in [0.3, 0.4) is 0 Å². The Morgan fingerprint density at radius 1 is 1.14 bits per heavy atom. The average Bonchev–Trinajstić information content (AvgIpc) is 2.24. The summed E-state index contributed by atoms with van der Waals surface area (Å²) < 4.78 is 26.4. The summed E-state index contributed by atoms with van der Waals surface area (Å²) in [4.78, 5) is 12.0. The molecule has 1 rings (SSSR count). The Kier molecular flexibility index (Phi) is 5.53. The Bertz CT molecular complexity index is 584. The normalized spacial score (nSPS) is 12.5. The van der Waals surface area contributed by atoms with Gasteiger partial charge < -0.3 is 5.32 Å². The molecule has 21 heavy (non-hydrogen) atoms. The van der Waals surface area contributed by atoms with Gasteiger partial charge >= 0.3 is 0 Å². The zero-order valence-corrected chi connectivity index (χ0v) is 14.0. The van der Waals surface area contributed by atoms with Gasteiger partial charge in [0.2, 0.25) is 15.9 Å². The molecule has 118 valence electrons. The fourth-order valence-corrected chi connectivity index (χ4v) is 3.03. The first-order valence-corrected chi connectivity index (χ1v) is 8.40. The average molecular weight is 312 g/mol. The third-order valence-corrected chi connectivity index (χ3v) is 4.20. The van der Waals surface area contributed by atoms with Crippen LogP contribution < -0.4 is 10.0 Å². The van der Waals surface area contributed by atoms with Gasteiger partial charge in [-0.2, -0.15) is 0 Å². The highest BCUT2D eigenvalue weighted by molar-refractivity contribution is 7.89. The molecule has 0 saturated carbocycles. The van der Waals surface area contributed by atoms with Crippen molar-refractivity contribution in [2.24, 2.45) is 5.41 Å². The largest absolute Gasteiger partial charge is 0.326 e. The van der Waals surface area contributed by atoms with Crippen molar-refractivity contribution >= 4 is 21.6 Å². The van der Waals surface area contributed by atoms with Crippen LogP contribution in [0, 0.1) is 5.41 Å². The van der Waals surface area contributed by atoms with Gasteiger partial charge in [-0.15, -0.1) is 0 Å². The van der Waals surface area contributed by atoms with Crippen LogP contribution >= 0.6 is 0 Å². The number of rotatable bonds is 5. The number of anilines is 1. The lowest BCUT2D eigenvalue weighted by Crippen LogP contribution is -2.30. The number of carbonyl (C=O) groups is 1. The van der Waals surface area contributed by atoms with Crippen molar-refractivity contribution < 1.29 is 13.2 Å². The molecule has 0 aliphatic carbocycles. The van der Waals surface area contributed by atoms with E-state index in [0.717, 1.165) is 0 Å². The summed E-state index contributed by atoms with van der Waals surface area (Å²) in [5, 5.41) is 2.76. The van der Waals surface area contributed by atoms with Crippen LogP contribution in [-0.4, -0.2) is 20.4 Å². The van der Waals surface area contributed by atoms with Crippen molar-refractivity contribution in [1.29, 1.82) is 0 Å². The topological polar surface area (TPSA) is 75.3 Å². The Hall–Kier alpha value is -1.40. The molecule has 0 heterocycles. The molecule has 6 heteroatoms. The molecule has 1 aromatic carbocycles. The van der Waals surface area contributed by atoms with E-state index in [9.17, 15) is 13.2 Å². The molecule has 0 saturated heterocycles. The van der Waals surface area contributed by atoms with Crippen LogP contribution in [0.1, 0.15) is 41.0 Å². The molecule has 5 nitrogen and oxygen atoms in total. The van der Waals surface area contributed by atoms with Crippen molar-refractivity contribution in [3.8, 4) is 0 Å². The van der Waals surface area contributed by atoms with E-state index in [0.29, 0.717) is 12.1 Å². The first-order valence-electron chi connectivity index (χ1n) is 6.92. The summed E-state index contributed by atoms with van der Waals surface area (Å²) in [6.45, 7) is 9.48. The van der Waals surface area contributed by atoms with Crippen molar-refractivity contribution in [3.05, 3.63) is 24.3 Å². The second-order valence-electron chi connectivity index (χ2n) is 6.59. The highest BCUT2D eigenvalue weighted by Gasteiger charge is 2.17. The maximum Gasteiger partial charge on any atom is 0.240 e. The quantitative estimate of drug-likeness (QED) is 0.878. The first-order chi connectivity index (χ1) is 9.49. The lowest BCUT2D eigenvalue weighted by Gasteiger charge is -2.17. The highest BCUT2D eigenvalue weighted by atomic mass is 32.2. The van der Waals surface area contributed by atoms with Crippen molar-refractivity contribution in [2.45, 2.75) is 52.0 Å². The van der Waals surface area contributed by atoms with E-state index < -0.39 is 10.0 Å². The SMILES string of the molecule is CC(C)NS(=O)(=O)c1ccc(NC(=O)CC(C)(C)C)cc1. The molecular formula is C15H24N2O3S. The van der Waals surface area contributed by atoms with E-state index in [4.69, 9.17) is 0 Å². The minimum Gasteiger partial charge on any atom is -0.326 e. The summed E-state index contributed by atoms with van der Waals surface area (Å²) >= 11 is 0. The molecule has 1 amide bonds. The molecule has 0 unspecified atom stereocenters. The molecule has 2 N–H and O–H groups in total. The van der Waals surface area contributed by atoms with E-state index in [-0.39, 0.29) is 22.3 Å². The van der Waals surface area contributed by atoms with E-state index >= 15 is 0 Å². The Morgan fingerprint density at radius 3 is 2.10 bits per heavy atom. The minimum absolute atomic E-state index is 0.0848. The lowest BCUT2D eigenvalue weighted by molar-refractivity contribution is -0.117. The van der Waals surface area contributed by atoms with Gasteiger partial charge in [-0.05, 0) is 43.5 Å². The van der Waals surface area contributed by atoms with Crippen LogP contribution in [0.5, 0.6) is 0 Å². The van der Waals surface area contributed by atoms with Crippen molar-refractivity contribution in [3.63, 3.8) is 0 Å². The lowest BCUT2D eigenvalue weighted by atomic mass is 9.92. The monoisotopic (exact) mass is 312 g/mol. The van der Waals surface area contributed by atoms with Gasteiger partial charge in [0, 0.05) is 18.2 Å². The third kappa shape index (κ3) is 6.27. The fraction of sp³-hybridized carbons (Fsp3) is 0.533. The summed E-state index contributed by atoms with van der Waals surface area (Å²) in [6.07, 6.45) is 0.405. The smallest absolute Gasteiger partial charge is 0.240 e. The van der Waals surface area contributed by atoms with Crippen LogP contribution in [0.25, 0.3) is 0 Å². The van der Waals surface area contributed by atoms with Gasteiger partial charge in [-0.25, -0.2) is 13.1 Å². The minimum atomic E-state index is -3.50. The summed E-state index contributed by atoms with van der Waals surface area (Å²) in [5.41, 5.74) is 0.502. The van der Waals surface area contributed by atoms with Crippen LogP contribution in [0.4, 0.5) is 5.69 Å². The molecule has 1 aromatic rings. The van der Waals surface area contributed by atoms with Gasteiger partial charge in [-0.1, -0.05) is 20.8 Å². The Balaban J connectivity index is 2.77. The molecule has 0 radical (unpaired) electrons. The van der Waals surface area contributed by atoms with Gasteiger partial charge in [0.15, 0.2) is 0 Å². The molecular weight excluding hydrogens is 288 g/mol. The molecule has 0 aliphatic heterocycles. The second kappa shape index (κ2) is 6.58. The van der Waals surface area contributed by atoms with Crippen molar-refractivity contribution in [2.75, 3.05) is 5.32 Å². The predicted octanol–water partition coefficient (Wildman–Crippen LogP) is 2.75. The maximum atomic E-state index is 12.0. The summed E-state index contributed by atoms with van der Waals surface area (Å²) in [5.74, 6) is -0.0848.